The molecule has 1 amide bonds. The predicted molar refractivity (Wildman–Crippen MR) is 72.4 cm³/mol. The van der Waals surface area contributed by atoms with Crippen molar-refractivity contribution in [3.8, 4) is 11.5 Å². The van der Waals surface area contributed by atoms with Crippen LogP contribution in [0.4, 0.5) is 0 Å². The van der Waals surface area contributed by atoms with Crippen LogP contribution >= 0.6 is 11.6 Å². The van der Waals surface area contributed by atoms with Gasteiger partial charge in [-0.15, -0.1) is 0 Å². The minimum absolute atomic E-state index is 0.0145. The quantitative estimate of drug-likeness (QED) is 0.902. The number of benzene rings is 2. The van der Waals surface area contributed by atoms with Crippen LogP contribution < -0.4 is 10.5 Å². The number of hydrogen-bond acceptors (Lipinski definition) is 3. The molecule has 0 bridgehead atoms. The van der Waals surface area contributed by atoms with Gasteiger partial charge in [0.25, 0.3) is 0 Å². The highest BCUT2D eigenvalue weighted by molar-refractivity contribution is 6.33. The van der Waals surface area contributed by atoms with E-state index < -0.39 is 5.91 Å². The number of nitrogens with two attached hydrogens (primary N) is 1. The number of halogens is 1. The fourth-order valence-corrected chi connectivity index (χ4v) is 1.82. The maximum absolute atomic E-state index is 11.0. The molecule has 0 saturated carbocycles. The van der Waals surface area contributed by atoms with E-state index in [1.165, 1.54) is 12.1 Å². The largest absolute Gasteiger partial charge is 0.457 e. The van der Waals surface area contributed by atoms with Gasteiger partial charge in [0, 0.05) is 6.07 Å². The third kappa shape index (κ3) is 3.24. The first kappa shape index (κ1) is 13.4. The van der Waals surface area contributed by atoms with Gasteiger partial charge in [-0.05, 0) is 29.8 Å². The summed E-state index contributed by atoms with van der Waals surface area (Å²) in [7, 11) is 0. The first-order chi connectivity index (χ1) is 9.10. The molecular weight excluding hydrogens is 266 g/mol. The number of hydrogen-bond donors (Lipinski definition) is 2. The lowest BCUT2D eigenvalue weighted by Gasteiger charge is -2.08. The van der Waals surface area contributed by atoms with Crippen molar-refractivity contribution in [3.05, 3.63) is 58.6 Å². The summed E-state index contributed by atoms with van der Waals surface area (Å²) < 4.78 is 5.58. The summed E-state index contributed by atoms with van der Waals surface area (Å²) in [6.45, 7) is -0.0145. The van der Waals surface area contributed by atoms with Gasteiger partial charge >= 0.3 is 0 Å². The molecule has 0 aromatic heterocycles. The molecule has 2 rings (SSSR count). The molecule has 0 aliphatic heterocycles. The number of amides is 1. The van der Waals surface area contributed by atoms with E-state index in [1.807, 2.05) is 0 Å². The number of primary amides is 1. The van der Waals surface area contributed by atoms with Gasteiger partial charge in [-0.1, -0.05) is 23.7 Å². The number of rotatable bonds is 4. The zero-order valence-electron chi connectivity index (χ0n) is 9.97. The summed E-state index contributed by atoms with van der Waals surface area (Å²) in [5, 5.41) is 9.18. The smallest absolute Gasteiger partial charge is 0.250 e. The number of ether oxygens (including phenoxy) is 1. The maximum atomic E-state index is 11.0. The Kier molecular flexibility index (Phi) is 4.04. The van der Waals surface area contributed by atoms with Crippen LogP contribution in [0.3, 0.4) is 0 Å². The van der Waals surface area contributed by atoms with Gasteiger partial charge in [-0.3, -0.25) is 4.79 Å². The molecular formula is C14H12ClNO3. The Morgan fingerprint density at radius 2 is 1.79 bits per heavy atom. The normalized spacial score (nSPS) is 10.2. The average molecular weight is 278 g/mol. The minimum atomic E-state index is -0.580. The highest BCUT2D eigenvalue weighted by atomic mass is 35.5. The van der Waals surface area contributed by atoms with Crippen LogP contribution in [0.15, 0.2) is 42.5 Å². The van der Waals surface area contributed by atoms with Crippen molar-refractivity contribution < 1.29 is 14.6 Å². The molecule has 0 aliphatic rings. The summed E-state index contributed by atoms with van der Waals surface area (Å²) in [5.41, 5.74) is 6.22. The molecule has 0 atom stereocenters. The first-order valence-corrected chi connectivity index (χ1v) is 5.95. The van der Waals surface area contributed by atoms with E-state index in [0.29, 0.717) is 11.5 Å². The summed E-state index contributed by atoms with van der Waals surface area (Å²) in [6, 6.07) is 11.7. The van der Waals surface area contributed by atoms with E-state index >= 15 is 0 Å². The highest BCUT2D eigenvalue weighted by Crippen LogP contribution is 2.26. The van der Waals surface area contributed by atoms with Crippen molar-refractivity contribution in [2.75, 3.05) is 0 Å². The molecule has 0 spiro atoms. The molecule has 0 saturated heterocycles. The molecule has 2 aromatic carbocycles. The third-order valence-corrected chi connectivity index (χ3v) is 2.86. The molecule has 0 fully saturated rings. The van der Waals surface area contributed by atoms with E-state index in [2.05, 4.69) is 0 Å². The lowest BCUT2D eigenvalue weighted by Crippen LogP contribution is -2.11. The van der Waals surface area contributed by atoms with Crippen LogP contribution in [0.25, 0.3) is 0 Å². The molecule has 0 aliphatic carbocycles. The Labute approximate surface area is 115 Å². The van der Waals surface area contributed by atoms with Crippen molar-refractivity contribution in [1.29, 1.82) is 0 Å². The average Bonchev–Trinajstić information content (AvgIpc) is 2.39. The topological polar surface area (TPSA) is 72.6 Å². The molecule has 19 heavy (non-hydrogen) atoms. The molecule has 4 nitrogen and oxygen atoms in total. The van der Waals surface area contributed by atoms with Crippen molar-refractivity contribution >= 4 is 17.5 Å². The van der Waals surface area contributed by atoms with Crippen molar-refractivity contribution in [2.24, 2.45) is 5.73 Å². The monoisotopic (exact) mass is 277 g/mol. The van der Waals surface area contributed by atoms with Gasteiger partial charge in [0.05, 0.1) is 17.2 Å². The zero-order valence-corrected chi connectivity index (χ0v) is 10.7. The molecule has 5 heteroatoms. The second kappa shape index (κ2) is 5.73. The second-order valence-corrected chi connectivity index (χ2v) is 4.32. The Hall–Kier alpha value is -2.04. The predicted octanol–water partition coefficient (Wildman–Crippen LogP) is 2.72. The van der Waals surface area contributed by atoms with E-state index in [9.17, 15) is 4.79 Å². The number of carbonyl (C=O) groups excluding carboxylic acids is 1. The fraction of sp³-hybridized carbons (Fsp3) is 0.0714. The van der Waals surface area contributed by atoms with Gasteiger partial charge in [-0.2, -0.15) is 0 Å². The lowest BCUT2D eigenvalue weighted by molar-refractivity contribution is 0.100. The van der Waals surface area contributed by atoms with Crippen LogP contribution in [0.1, 0.15) is 15.9 Å². The Bertz CT molecular complexity index is 596. The summed E-state index contributed by atoms with van der Waals surface area (Å²) in [6.07, 6.45) is 0. The highest BCUT2D eigenvalue weighted by Gasteiger charge is 2.08. The summed E-state index contributed by atoms with van der Waals surface area (Å²) >= 11 is 5.92. The fourth-order valence-electron chi connectivity index (χ4n) is 1.56. The number of aliphatic hydroxyl groups is 1. The van der Waals surface area contributed by atoms with Gasteiger partial charge in [0.15, 0.2) is 0 Å². The van der Waals surface area contributed by atoms with Crippen LogP contribution in [0.2, 0.25) is 5.02 Å². The van der Waals surface area contributed by atoms with Gasteiger partial charge in [-0.25, -0.2) is 0 Å². The van der Waals surface area contributed by atoms with E-state index in [4.69, 9.17) is 27.2 Å². The van der Waals surface area contributed by atoms with Gasteiger partial charge in [0.2, 0.25) is 5.91 Å². The van der Waals surface area contributed by atoms with Crippen LogP contribution in [0, 0.1) is 0 Å². The number of aliphatic hydroxyl groups excluding tert-OH is 1. The van der Waals surface area contributed by atoms with Crippen LogP contribution in [0.5, 0.6) is 11.5 Å². The molecule has 0 radical (unpaired) electrons. The third-order valence-electron chi connectivity index (χ3n) is 2.55. The van der Waals surface area contributed by atoms with E-state index in [-0.39, 0.29) is 17.2 Å². The number of carbonyl (C=O) groups is 1. The van der Waals surface area contributed by atoms with Crippen LogP contribution in [-0.2, 0) is 6.61 Å². The van der Waals surface area contributed by atoms with Crippen molar-refractivity contribution in [2.45, 2.75) is 6.61 Å². The van der Waals surface area contributed by atoms with Gasteiger partial charge < -0.3 is 15.6 Å². The lowest BCUT2D eigenvalue weighted by atomic mass is 10.2. The first-order valence-electron chi connectivity index (χ1n) is 5.57. The van der Waals surface area contributed by atoms with Gasteiger partial charge in [0.1, 0.15) is 11.5 Å². The van der Waals surface area contributed by atoms with E-state index in [0.717, 1.165) is 5.56 Å². The maximum Gasteiger partial charge on any atom is 0.250 e. The van der Waals surface area contributed by atoms with Crippen molar-refractivity contribution in [3.63, 3.8) is 0 Å². The Morgan fingerprint density at radius 3 is 2.32 bits per heavy atom. The Balaban J connectivity index is 2.18. The standard InChI is InChI=1S/C14H12ClNO3/c15-13-7-11(5-6-12(13)14(16)18)19-10-3-1-9(8-17)2-4-10/h1-7,17H,8H2,(H2,16,18). The molecule has 0 heterocycles. The molecule has 2 aromatic rings. The molecule has 3 N–H and O–H groups in total. The Morgan fingerprint density at radius 1 is 1.16 bits per heavy atom. The summed E-state index contributed by atoms with van der Waals surface area (Å²) in [5.74, 6) is 0.538. The summed E-state index contributed by atoms with van der Waals surface area (Å²) in [4.78, 5) is 11.0. The zero-order chi connectivity index (χ0) is 13.8. The second-order valence-electron chi connectivity index (χ2n) is 3.91. The molecule has 98 valence electrons. The van der Waals surface area contributed by atoms with Crippen molar-refractivity contribution in [1.82, 2.24) is 0 Å². The minimum Gasteiger partial charge on any atom is -0.457 e. The SMILES string of the molecule is NC(=O)c1ccc(Oc2ccc(CO)cc2)cc1Cl. The van der Waals surface area contributed by atoms with Crippen LogP contribution in [-0.4, -0.2) is 11.0 Å². The molecule has 0 unspecified atom stereocenters. The van der Waals surface area contributed by atoms with E-state index in [1.54, 1.807) is 30.3 Å².